The number of hydrogen-bond donors (Lipinski definition) is 1. The van der Waals surface area contributed by atoms with E-state index < -0.39 is 0 Å². The minimum Gasteiger partial charge on any atom is -0.313 e. The lowest BCUT2D eigenvalue weighted by atomic mass is 9.96. The van der Waals surface area contributed by atoms with Gasteiger partial charge in [-0.05, 0) is 38.8 Å². The van der Waals surface area contributed by atoms with Crippen molar-refractivity contribution in [3.8, 4) is 0 Å². The molecule has 0 unspecified atom stereocenters. The molecule has 2 aliphatic rings. The van der Waals surface area contributed by atoms with Gasteiger partial charge in [0.1, 0.15) is 0 Å². The summed E-state index contributed by atoms with van der Waals surface area (Å²) in [5, 5.41) is 8.35. The summed E-state index contributed by atoms with van der Waals surface area (Å²) in [5.74, 6) is 0. The van der Waals surface area contributed by atoms with Gasteiger partial charge < -0.3 is 5.32 Å². The molecule has 4 heteroatoms. The number of aromatic nitrogens is 2. The van der Waals surface area contributed by atoms with Crippen molar-refractivity contribution in [3.05, 3.63) is 18.0 Å². The van der Waals surface area contributed by atoms with Gasteiger partial charge in [0.15, 0.2) is 0 Å². The lowest BCUT2D eigenvalue weighted by Crippen LogP contribution is -2.30. The van der Waals surface area contributed by atoms with Crippen LogP contribution in [-0.2, 0) is 6.54 Å². The van der Waals surface area contributed by atoms with E-state index >= 15 is 0 Å². The summed E-state index contributed by atoms with van der Waals surface area (Å²) in [7, 11) is 2.19. The van der Waals surface area contributed by atoms with Gasteiger partial charge in [0.2, 0.25) is 0 Å². The van der Waals surface area contributed by atoms with Crippen molar-refractivity contribution in [1.29, 1.82) is 0 Å². The molecule has 0 aromatic carbocycles. The van der Waals surface area contributed by atoms with Crippen LogP contribution in [0.4, 0.5) is 0 Å². The van der Waals surface area contributed by atoms with Crippen molar-refractivity contribution in [2.24, 2.45) is 0 Å². The molecule has 112 valence electrons. The number of nitrogens with one attached hydrogen (secondary N) is 1. The quantitative estimate of drug-likeness (QED) is 0.831. The average molecular weight is 276 g/mol. The first-order chi connectivity index (χ1) is 9.81. The molecule has 20 heavy (non-hydrogen) atoms. The number of hydrogen-bond acceptors (Lipinski definition) is 3. The summed E-state index contributed by atoms with van der Waals surface area (Å²) in [5.41, 5.74) is 1.21. The van der Waals surface area contributed by atoms with Gasteiger partial charge in [-0.15, -0.1) is 0 Å². The third kappa shape index (κ3) is 4.06. The third-order valence-corrected chi connectivity index (χ3v) is 4.55. The highest BCUT2D eigenvalue weighted by atomic mass is 15.3. The summed E-state index contributed by atoms with van der Waals surface area (Å²) in [6, 6.07) is 3.66. The Morgan fingerprint density at radius 3 is 2.80 bits per heavy atom. The second-order valence-corrected chi connectivity index (χ2v) is 6.55. The predicted molar refractivity (Wildman–Crippen MR) is 81.7 cm³/mol. The molecule has 2 fully saturated rings. The molecule has 2 saturated carbocycles. The smallest absolute Gasteiger partial charge is 0.0764 e. The van der Waals surface area contributed by atoms with E-state index in [-0.39, 0.29) is 0 Å². The topological polar surface area (TPSA) is 33.1 Å². The minimum atomic E-state index is 0.652. The zero-order chi connectivity index (χ0) is 13.8. The second kappa shape index (κ2) is 6.72. The van der Waals surface area contributed by atoms with Gasteiger partial charge >= 0.3 is 0 Å². The lowest BCUT2D eigenvalue weighted by Gasteiger charge is -2.22. The van der Waals surface area contributed by atoms with Crippen LogP contribution in [0.2, 0.25) is 0 Å². The molecule has 1 aromatic heterocycles. The molecule has 0 atom stereocenters. The molecular formula is C16H28N4. The number of nitrogens with zero attached hydrogens (tertiary/aromatic N) is 3. The molecule has 1 N–H and O–H groups in total. The van der Waals surface area contributed by atoms with Crippen LogP contribution in [0.3, 0.4) is 0 Å². The molecule has 0 amide bonds. The van der Waals surface area contributed by atoms with Gasteiger partial charge in [-0.25, -0.2) is 0 Å². The molecule has 1 heterocycles. The lowest BCUT2D eigenvalue weighted by molar-refractivity contribution is 0.306. The summed E-state index contributed by atoms with van der Waals surface area (Å²) < 4.78 is 2.21. The maximum atomic E-state index is 4.78. The van der Waals surface area contributed by atoms with Crippen LogP contribution in [0.25, 0.3) is 0 Å². The Labute approximate surface area is 122 Å². The molecule has 0 bridgehead atoms. The predicted octanol–water partition coefficient (Wildman–Crippen LogP) is 2.57. The van der Waals surface area contributed by atoms with E-state index in [1.54, 1.807) is 0 Å². The fourth-order valence-corrected chi connectivity index (χ4v) is 3.11. The standard InChI is InChI=1S/C16H28N4/c1-19(12-10-17-14-7-8-14)13-15-9-11-20(18-15)16-5-3-2-4-6-16/h9,11,14,16-17H,2-8,10,12-13H2,1H3. The van der Waals surface area contributed by atoms with Crippen LogP contribution < -0.4 is 5.32 Å². The molecule has 4 nitrogen and oxygen atoms in total. The fourth-order valence-electron chi connectivity index (χ4n) is 3.11. The van der Waals surface area contributed by atoms with Crippen molar-refractivity contribution in [1.82, 2.24) is 20.0 Å². The SMILES string of the molecule is CN(CCNC1CC1)Cc1ccn(C2CCCCC2)n1. The Bertz CT molecular complexity index is 404. The van der Waals surface area contributed by atoms with Crippen LogP contribution >= 0.6 is 0 Å². The summed E-state index contributed by atoms with van der Waals surface area (Å²) in [4.78, 5) is 2.36. The first-order valence-electron chi connectivity index (χ1n) is 8.27. The Morgan fingerprint density at radius 1 is 1.25 bits per heavy atom. The van der Waals surface area contributed by atoms with Crippen molar-refractivity contribution in [2.45, 2.75) is 63.6 Å². The van der Waals surface area contributed by atoms with Crippen molar-refractivity contribution in [3.63, 3.8) is 0 Å². The number of likely N-dealkylation sites (N-methyl/N-ethyl adjacent to an activating group) is 1. The highest BCUT2D eigenvalue weighted by molar-refractivity contribution is 5.00. The first kappa shape index (κ1) is 14.1. The highest BCUT2D eigenvalue weighted by Gasteiger charge is 2.20. The van der Waals surface area contributed by atoms with E-state index in [4.69, 9.17) is 5.10 Å². The van der Waals surface area contributed by atoms with E-state index in [0.717, 1.165) is 25.7 Å². The molecule has 0 aliphatic heterocycles. The third-order valence-electron chi connectivity index (χ3n) is 4.55. The van der Waals surface area contributed by atoms with Crippen LogP contribution in [0.5, 0.6) is 0 Å². The molecule has 3 rings (SSSR count). The molecular weight excluding hydrogens is 248 g/mol. The molecule has 1 aromatic rings. The molecule has 0 spiro atoms. The first-order valence-corrected chi connectivity index (χ1v) is 8.27. The van der Waals surface area contributed by atoms with Crippen molar-refractivity contribution >= 4 is 0 Å². The van der Waals surface area contributed by atoms with Gasteiger partial charge in [0.05, 0.1) is 11.7 Å². The maximum Gasteiger partial charge on any atom is 0.0764 e. The van der Waals surface area contributed by atoms with Crippen LogP contribution in [0.15, 0.2) is 12.3 Å². The van der Waals surface area contributed by atoms with Gasteiger partial charge in [-0.2, -0.15) is 5.10 Å². The zero-order valence-electron chi connectivity index (χ0n) is 12.7. The van der Waals surface area contributed by atoms with E-state index in [1.807, 2.05) is 0 Å². The van der Waals surface area contributed by atoms with Crippen LogP contribution in [0.1, 0.15) is 56.7 Å². The molecule has 2 aliphatic carbocycles. The monoisotopic (exact) mass is 276 g/mol. The molecule has 0 radical (unpaired) electrons. The maximum absolute atomic E-state index is 4.78. The highest BCUT2D eigenvalue weighted by Crippen LogP contribution is 2.27. The summed E-state index contributed by atoms with van der Waals surface area (Å²) in [6.45, 7) is 3.17. The average Bonchev–Trinajstić information content (AvgIpc) is 3.17. The van der Waals surface area contributed by atoms with E-state index in [0.29, 0.717) is 6.04 Å². The Morgan fingerprint density at radius 2 is 2.05 bits per heavy atom. The Hall–Kier alpha value is -0.870. The summed E-state index contributed by atoms with van der Waals surface area (Å²) in [6.07, 6.45) is 11.7. The van der Waals surface area contributed by atoms with E-state index in [1.165, 1.54) is 50.6 Å². The van der Waals surface area contributed by atoms with E-state index in [9.17, 15) is 0 Å². The van der Waals surface area contributed by atoms with Crippen LogP contribution in [-0.4, -0.2) is 40.9 Å². The normalized spacial score (nSPS) is 20.7. The second-order valence-electron chi connectivity index (χ2n) is 6.55. The van der Waals surface area contributed by atoms with Crippen LogP contribution in [0, 0.1) is 0 Å². The van der Waals surface area contributed by atoms with E-state index in [2.05, 4.69) is 34.2 Å². The van der Waals surface area contributed by atoms with Gasteiger partial charge in [0, 0.05) is 31.9 Å². The Kier molecular flexibility index (Phi) is 4.73. The van der Waals surface area contributed by atoms with Gasteiger partial charge in [0.25, 0.3) is 0 Å². The zero-order valence-corrected chi connectivity index (χ0v) is 12.7. The summed E-state index contributed by atoms with van der Waals surface area (Å²) >= 11 is 0. The number of rotatable bonds is 7. The Balaban J connectivity index is 1.43. The van der Waals surface area contributed by atoms with Crippen molar-refractivity contribution in [2.75, 3.05) is 20.1 Å². The van der Waals surface area contributed by atoms with Gasteiger partial charge in [-0.1, -0.05) is 19.3 Å². The minimum absolute atomic E-state index is 0.652. The van der Waals surface area contributed by atoms with Crippen molar-refractivity contribution < 1.29 is 0 Å². The largest absolute Gasteiger partial charge is 0.313 e. The molecule has 0 saturated heterocycles. The van der Waals surface area contributed by atoms with Gasteiger partial charge in [-0.3, -0.25) is 9.58 Å². The fraction of sp³-hybridized carbons (Fsp3) is 0.812.